The first kappa shape index (κ1) is 20.7. The van der Waals surface area contributed by atoms with E-state index in [-0.39, 0.29) is 35.5 Å². The highest BCUT2D eigenvalue weighted by molar-refractivity contribution is 6.62. The Kier molecular flexibility index (Phi) is 4.80. The van der Waals surface area contributed by atoms with Gasteiger partial charge >= 0.3 is 13.2 Å². The average molecular weight is 401 g/mol. The van der Waals surface area contributed by atoms with Gasteiger partial charge in [-0.1, -0.05) is 24.3 Å². The van der Waals surface area contributed by atoms with Gasteiger partial charge in [0.05, 0.1) is 36.0 Å². The zero-order valence-electron chi connectivity index (χ0n) is 18.5. The third-order valence-corrected chi connectivity index (χ3v) is 6.31. The fourth-order valence-electron chi connectivity index (χ4n) is 3.85. The number of rotatable bonds is 2. The highest BCUT2D eigenvalue weighted by Gasteiger charge is 2.54. The second-order valence-electron chi connectivity index (χ2n) is 10.3. The van der Waals surface area contributed by atoms with E-state index in [2.05, 4.69) is 0 Å². The van der Waals surface area contributed by atoms with Gasteiger partial charge in [-0.3, -0.25) is 4.90 Å². The fourth-order valence-corrected chi connectivity index (χ4v) is 3.85. The number of amides is 1. The summed E-state index contributed by atoms with van der Waals surface area (Å²) in [6.45, 7) is 14.3. The van der Waals surface area contributed by atoms with Crippen molar-refractivity contribution in [3.63, 3.8) is 0 Å². The number of fused-ring (bicyclic) bond motifs is 1. The molecule has 2 heterocycles. The summed E-state index contributed by atoms with van der Waals surface area (Å²) in [6, 6.07) is 8.06. The molecule has 1 aromatic carbocycles. The van der Waals surface area contributed by atoms with Crippen LogP contribution in [0.2, 0.25) is 0 Å². The molecule has 3 aliphatic rings. The summed E-state index contributed by atoms with van der Waals surface area (Å²) < 4.78 is 23.9. The molecule has 1 aliphatic carbocycles. The van der Waals surface area contributed by atoms with Gasteiger partial charge in [0, 0.05) is 0 Å². The summed E-state index contributed by atoms with van der Waals surface area (Å²) >= 11 is 0. The molecule has 0 aromatic heterocycles. The van der Waals surface area contributed by atoms with E-state index in [0.717, 1.165) is 17.4 Å². The number of hydrogen-bond acceptors (Lipinski definition) is 5. The van der Waals surface area contributed by atoms with Crippen molar-refractivity contribution in [3.05, 3.63) is 29.8 Å². The van der Waals surface area contributed by atoms with E-state index in [9.17, 15) is 4.79 Å². The molecule has 0 radical (unpaired) electrons. The Morgan fingerprint density at radius 1 is 1.10 bits per heavy atom. The van der Waals surface area contributed by atoms with Gasteiger partial charge in [0.25, 0.3) is 0 Å². The monoisotopic (exact) mass is 401 g/mol. The lowest BCUT2D eigenvalue weighted by molar-refractivity contribution is -0.0355. The van der Waals surface area contributed by atoms with E-state index in [1.165, 1.54) is 0 Å². The first-order chi connectivity index (χ1) is 13.4. The number of morpholine rings is 1. The van der Waals surface area contributed by atoms with Crippen molar-refractivity contribution < 1.29 is 23.6 Å². The molecule has 0 spiro atoms. The Morgan fingerprint density at radius 3 is 2.24 bits per heavy atom. The first-order valence-corrected chi connectivity index (χ1v) is 10.5. The minimum atomic E-state index is -0.523. The van der Waals surface area contributed by atoms with E-state index < -0.39 is 12.7 Å². The lowest BCUT2D eigenvalue weighted by atomic mass is 9.78. The van der Waals surface area contributed by atoms with Gasteiger partial charge in [0.1, 0.15) is 5.60 Å². The van der Waals surface area contributed by atoms with Crippen LogP contribution in [0.1, 0.15) is 66.5 Å². The second-order valence-corrected chi connectivity index (χ2v) is 10.3. The van der Waals surface area contributed by atoms with Crippen LogP contribution >= 0.6 is 0 Å². The molecule has 3 unspecified atom stereocenters. The third-order valence-electron chi connectivity index (χ3n) is 6.31. The van der Waals surface area contributed by atoms with Gasteiger partial charge in [-0.15, -0.1) is 0 Å². The molecule has 2 saturated heterocycles. The molecule has 0 N–H and O–H groups in total. The Hall–Kier alpha value is -1.57. The molecule has 4 rings (SSSR count). The van der Waals surface area contributed by atoms with E-state index in [1.807, 2.05) is 77.6 Å². The van der Waals surface area contributed by atoms with Crippen molar-refractivity contribution in [3.8, 4) is 0 Å². The third kappa shape index (κ3) is 3.92. The van der Waals surface area contributed by atoms with Crippen molar-refractivity contribution in [1.29, 1.82) is 0 Å². The highest BCUT2D eigenvalue weighted by Crippen LogP contribution is 2.43. The molecular weight excluding hydrogens is 369 g/mol. The molecule has 3 fully saturated rings. The van der Waals surface area contributed by atoms with Gasteiger partial charge in [-0.2, -0.15) is 0 Å². The minimum Gasteiger partial charge on any atom is -0.444 e. The number of benzene rings is 1. The van der Waals surface area contributed by atoms with Crippen molar-refractivity contribution in [1.82, 2.24) is 4.90 Å². The maximum absolute atomic E-state index is 12.9. The maximum Gasteiger partial charge on any atom is 0.494 e. The SMILES string of the molecule is CC(C)(C)OC(=O)N1C(c2ccc(B3OC(C)(C)C(C)(C)O3)cc2)COC2CC21. The summed E-state index contributed by atoms with van der Waals surface area (Å²) in [5.74, 6) is 0. The Labute approximate surface area is 174 Å². The van der Waals surface area contributed by atoms with E-state index in [4.69, 9.17) is 18.8 Å². The summed E-state index contributed by atoms with van der Waals surface area (Å²) in [4.78, 5) is 14.7. The van der Waals surface area contributed by atoms with Crippen LogP contribution < -0.4 is 5.46 Å². The summed E-state index contributed by atoms with van der Waals surface area (Å²) in [6.07, 6.45) is 0.748. The van der Waals surface area contributed by atoms with Crippen LogP contribution in [0.5, 0.6) is 0 Å². The van der Waals surface area contributed by atoms with Crippen LogP contribution in [0.4, 0.5) is 4.79 Å². The minimum absolute atomic E-state index is 0.103. The summed E-state index contributed by atoms with van der Waals surface area (Å²) in [7, 11) is -0.397. The molecule has 6 nitrogen and oxygen atoms in total. The van der Waals surface area contributed by atoms with Crippen LogP contribution in [0.3, 0.4) is 0 Å². The molecule has 2 aliphatic heterocycles. The van der Waals surface area contributed by atoms with E-state index in [0.29, 0.717) is 6.61 Å². The van der Waals surface area contributed by atoms with Crippen molar-refractivity contribution in [2.75, 3.05) is 6.61 Å². The Morgan fingerprint density at radius 2 is 1.69 bits per heavy atom. The molecule has 1 amide bonds. The van der Waals surface area contributed by atoms with Gasteiger partial charge in [0.2, 0.25) is 0 Å². The van der Waals surface area contributed by atoms with Crippen LogP contribution in [0.25, 0.3) is 0 Å². The van der Waals surface area contributed by atoms with E-state index in [1.54, 1.807) is 0 Å². The first-order valence-electron chi connectivity index (χ1n) is 10.5. The molecule has 29 heavy (non-hydrogen) atoms. The standard InChI is InChI=1S/C22H32BNO5/c1-20(2,3)27-19(25)24-16-12-18(16)26-13-17(24)14-8-10-15(11-9-14)23-28-21(4,5)22(6,7)29-23/h8-11,16-18H,12-13H2,1-7H3. The van der Waals surface area contributed by atoms with Crippen LogP contribution in [-0.4, -0.2) is 53.7 Å². The quantitative estimate of drug-likeness (QED) is 0.711. The number of carbonyl (C=O) groups is 1. The second kappa shape index (κ2) is 6.72. The van der Waals surface area contributed by atoms with E-state index >= 15 is 0 Å². The zero-order valence-corrected chi connectivity index (χ0v) is 18.5. The van der Waals surface area contributed by atoms with Gasteiger partial charge in [0.15, 0.2) is 0 Å². The zero-order chi connectivity index (χ0) is 21.2. The fraction of sp³-hybridized carbons (Fsp3) is 0.682. The van der Waals surface area contributed by atoms with Gasteiger partial charge in [-0.05, 0) is 65.9 Å². The van der Waals surface area contributed by atoms with Gasteiger partial charge < -0.3 is 18.8 Å². The molecular formula is C22H32BNO5. The number of hydrogen-bond donors (Lipinski definition) is 0. The Bertz CT molecular complexity index is 769. The predicted molar refractivity (Wildman–Crippen MR) is 111 cm³/mol. The molecule has 1 aromatic rings. The van der Waals surface area contributed by atoms with Gasteiger partial charge in [-0.25, -0.2) is 4.79 Å². The summed E-state index contributed by atoms with van der Waals surface area (Å²) in [5.41, 5.74) is 0.730. The van der Waals surface area contributed by atoms with Crippen molar-refractivity contribution in [2.45, 2.75) is 89.9 Å². The molecule has 1 saturated carbocycles. The van der Waals surface area contributed by atoms with Crippen molar-refractivity contribution in [2.24, 2.45) is 0 Å². The highest BCUT2D eigenvalue weighted by atomic mass is 16.7. The number of carbonyl (C=O) groups excluding carboxylic acids is 1. The predicted octanol–water partition coefficient (Wildman–Crippen LogP) is 3.44. The van der Waals surface area contributed by atoms with Crippen LogP contribution in [0, 0.1) is 0 Å². The van der Waals surface area contributed by atoms with Crippen LogP contribution in [-0.2, 0) is 18.8 Å². The number of nitrogens with zero attached hydrogens (tertiary/aromatic N) is 1. The molecule has 3 atom stereocenters. The molecule has 158 valence electrons. The summed E-state index contributed by atoms with van der Waals surface area (Å²) in [5, 5.41) is 0. The topological polar surface area (TPSA) is 57.2 Å². The lowest BCUT2D eigenvalue weighted by Gasteiger charge is -2.36. The van der Waals surface area contributed by atoms with Crippen LogP contribution in [0.15, 0.2) is 24.3 Å². The lowest BCUT2D eigenvalue weighted by Crippen LogP contribution is -2.46. The number of ether oxygens (including phenoxy) is 2. The largest absolute Gasteiger partial charge is 0.494 e. The smallest absolute Gasteiger partial charge is 0.444 e. The molecule has 7 heteroatoms. The Balaban J connectivity index is 1.52. The average Bonchev–Trinajstić information content (AvgIpc) is 3.33. The normalized spacial score (nSPS) is 30.1. The molecule has 0 bridgehead atoms. The van der Waals surface area contributed by atoms with Crippen molar-refractivity contribution >= 4 is 18.7 Å². The maximum atomic E-state index is 12.9.